The number of ether oxygens (including phenoxy) is 1. The number of hydrogen-bond donors (Lipinski definition) is 0. The largest absolute Gasteiger partial charge is 0.456 e. The molecular weight excluding hydrogens is 353 g/mol. The summed E-state index contributed by atoms with van der Waals surface area (Å²) in [7, 11) is 0. The van der Waals surface area contributed by atoms with E-state index in [1.807, 2.05) is 13.8 Å². The fraction of sp³-hybridized carbons (Fsp3) is 0.375. The molecule has 1 aromatic carbocycles. The highest BCUT2D eigenvalue weighted by Crippen LogP contribution is 2.28. The van der Waals surface area contributed by atoms with Crippen molar-refractivity contribution in [2.45, 2.75) is 26.3 Å². The van der Waals surface area contributed by atoms with Crippen LogP contribution in [-0.4, -0.2) is 29.7 Å². The van der Waals surface area contributed by atoms with E-state index in [0.29, 0.717) is 12.2 Å². The summed E-state index contributed by atoms with van der Waals surface area (Å²) < 4.78 is 19.6. The minimum Gasteiger partial charge on any atom is -0.456 e. The van der Waals surface area contributed by atoms with E-state index in [-0.39, 0.29) is 28.6 Å². The number of carbonyl (C=O) groups excluding carboxylic acids is 2. The topological polar surface area (TPSA) is 46.6 Å². The summed E-state index contributed by atoms with van der Waals surface area (Å²) in [5, 5.41) is 0. The van der Waals surface area contributed by atoms with Gasteiger partial charge in [-0.3, -0.25) is 4.79 Å². The van der Waals surface area contributed by atoms with Crippen molar-refractivity contribution in [3.63, 3.8) is 0 Å². The predicted octanol–water partition coefficient (Wildman–Crippen LogP) is 3.31. The molecule has 0 spiro atoms. The zero-order valence-corrected chi connectivity index (χ0v) is 14.0. The SMILES string of the molecule is CC(C)CC(C=O)N1CC(Oc2cccc(Br)c2F)=CC1=O. The smallest absolute Gasteiger partial charge is 0.251 e. The highest BCUT2D eigenvalue weighted by atomic mass is 79.9. The van der Waals surface area contributed by atoms with Crippen LogP contribution in [0, 0.1) is 11.7 Å². The molecule has 1 aromatic rings. The second-order valence-corrected chi connectivity index (χ2v) is 6.42. The second kappa shape index (κ2) is 7.05. The summed E-state index contributed by atoms with van der Waals surface area (Å²) in [5.41, 5.74) is 0. The predicted molar refractivity (Wildman–Crippen MR) is 83.8 cm³/mol. The molecule has 1 aliphatic heterocycles. The number of amides is 1. The van der Waals surface area contributed by atoms with Crippen molar-refractivity contribution in [3.05, 3.63) is 40.3 Å². The van der Waals surface area contributed by atoms with E-state index in [1.54, 1.807) is 12.1 Å². The van der Waals surface area contributed by atoms with Crippen molar-refractivity contribution >= 4 is 28.1 Å². The maximum atomic E-state index is 13.9. The summed E-state index contributed by atoms with van der Waals surface area (Å²) in [6, 6.07) is 4.20. The van der Waals surface area contributed by atoms with Crippen LogP contribution in [0.2, 0.25) is 0 Å². The molecule has 0 saturated carbocycles. The molecule has 1 heterocycles. The Morgan fingerprint density at radius 1 is 1.45 bits per heavy atom. The van der Waals surface area contributed by atoms with Gasteiger partial charge in [-0.2, -0.15) is 0 Å². The van der Waals surface area contributed by atoms with Crippen molar-refractivity contribution in [1.29, 1.82) is 0 Å². The van der Waals surface area contributed by atoms with Crippen molar-refractivity contribution in [2.24, 2.45) is 5.92 Å². The molecule has 0 bridgehead atoms. The Balaban J connectivity index is 2.09. The maximum Gasteiger partial charge on any atom is 0.251 e. The van der Waals surface area contributed by atoms with E-state index >= 15 is 0 Å². The molecule has 2 rings (SSSR count). The van der Waals surface area contributed by atoms with Crippen LogP contribution in [0.5, 0.6) is 5.75 Å². The third-order valence-corrected chi connectivity index (χ3v) is 3.93. The lowest BCUT2D eigenvalue weighted by molar-refractivity contribution is -0.130. The van der Waals surface area contributed by atoms with Crippen LogP contribution in [0.15, 0.2) is 34.5 Å². The normalized spacial score (nSPS) is 16.0. The number of halogens is 2. The molecular formula is C16H17BrFNO3. The Morgan fingerprint density at radius 2 is 2.18 bits per heavy atom. The van der Waals surface area contributed by atoms with Gasteiger partial charge in [-0.15, -0.1) is 0 Å². The van der Waals surface area contributed by atoms with Crippen molar-refractivity contribution in [2.75, 3.05) is 6.54 Å². The molecule has 118 valence electrons. The van der Waals surface area contributed by atoms with Gasteiger partial charge in [-0.1, -0.05) is 19.9 Å². The number of aldehydes is 1. The summed E-state index contributed by atoms with van der Waals surface area (Å²) >= 11 is 3.08. The third kappa shape index (κ3) is 3.74. The average molecular weight is 370 g/mol. The Labute approximate surface area is 137 Å². The van der Waals surface area contributed by atoms with Gasteiger partial charge in [-0.05, 0) is 40.4 Å². The van der Waals surface area contributed by atoms with Crippen LogP contribution in [0.25, 0.3) is 0 Å². The Kier molecular flexibility index (Phi) is 5.34. The molecule has 0 N–H and O–H groups in total. The molecule has 0 radical (unpaired) electrons. The molecule has 4 nitrogen and oxygen atoms in total. The van der Waals surface area contributed by atoms with E-state index in [0.717, 1.165) is 6.29 Å². The van der Waals surface area contributed by atoms with Gasteiger partial charge in [0.05, 0.1) is 17.1 Å². The summed E-state index contributed by atoms with van der Waals surface area (Å²) in [5.74, 6) is -0.151. The van der Waals surface area contributed by atoms with Crippen LogP contribution in [0.1, 0.15) is 20.3 Å². The summed E-state index contributed by atoms with van der Waals surface area (Å²) in [6.45, 7) is 4.14. The molecule has 1 amide bonds. The van der Waals surface area contributed by atoms with Crippen LogP contribution in [-0.2, 0) is 9.59 Å². The molecule has 1 aliphatic rings. The number of rotatable bonds is 6. The van der Waals surface area contributed by atoms with Crippen LogP contribution in [0.3, 0.4) is 0 Å². The number of carbonyl (C=O) groups is 2. The molecule has 22 heavy (non-hydrogen) atoms. The third-order valence-electron chi connectivity index (χ3n) is 3.32. The quantitative estimate of drug-likeness (QED) is 0.722. The first-order valence-electron chi connectivity index (χ1n) is 7.00. The minimum absolute atomic E-state index is 0.0433. The van der Waals surface area contributed by atoms with Crippen molar-refractivity contribution in [1.82, 2.24) is 4.90 Å². The van der Waals surface area contributed by atoms with Gasteiger partial charge in [0.15, 0.2) is 11.6 Å². The van der Waals surface area contributed by atoms with Gasteiger partial charge in [0.2, 0.25) is 0 Å². The number of benzene rings is 1. The fourth-order valence-corrected chi connectivity index (χ4v) is 2.65. The van der Waals surface area contributed by atoms with Gasteiger partial charge in [0, 0.05) is 6.08 Å². The molecule has 0 saturated heterocycles. The zero-order chi connectivity index (χ0) is 16.3. The standard InChI is InChI=1S/C16H17BrFNO3/c1-10(2)6-11(9-20)19-8-12(7-15(19)21)22-14-5-3-4-13(17)16(14)18/h3-5,7,9-11H,6,8H2,1-2H3. The van der Waals surface area contributed by atoms with Crippen LogP contribution < -0.4 is 4.74 Å². The van der Waals surface area contributed by atoms with E-state index in [1.165, 1.54) is 17.0 Å². The highest BCUT2D eigenvalue weighted by molar-refractivity contribution is 9.10. The zero-order valence-electron chi connectivity index (χ0n) is 12.4. The van der Waals surface area contributed by atoms with E-state index in [4.69, 9.17) is 4.74 Å². The van der Waals surface area contributed by atoms with E-state index in [9.17, 15) is 14.0 Å². The molecule has 0 aliphatic carbocycles. The monoisotopic (exact) mass is 369 g/mol. The lowest BCUT2D eigenvalue weighted by Gasteiger charge is -2.24. The first-order chi connectivity index (χ1) is 10.4. The maximum absolute atomic E-state index is 13.9. The van der Waals surface area contributed by atoms with E-state index < -0.39 is 11.9 Å². The summed E-state index contributed by atoms with van der Waals surface area (Å²) in [6.07, 6.45) is 2.66. The van der Waals surface area contributed by atoms with Crippen molar-refractivity contribution in [3.8, 4) is 5.75 Å². The van der Waals surface area contributed by atoms with Gasteiger partial charge < -0.3 is 14.4 Å². The molecule has 1 atom stereocenters. The van der Waals surface area contributed by atoms with Crippen LogP contribution in [0.4, 0.5) is 4.39 Å². The molecule has 1 unspecified atom stereocenters. The molecule has 0 aromatic heterocycles. The lowest BCUT2D eigenvalue weighted by Crippen LogP contribution is -2.39. The average Bonchev–Trinajstić information content (AvgIpc) is 2.82. The Bertz CT molecular complexity index is 615. The van der Waals surface area contributed by atoms with Gasteiger partial charge >= 0.3 is 0 Å². The van der Waals surface area contributed by atoms with E-state index in [2.05, 4.69) is 15.9 Å². The Morgan fingerprint density at radius 3 is 2.82 bits per heavy atom. The first kappa shape index (κ1) is 16.7. The second-order valence-electron chi connectivity index (χ2n) is 5.56. The lowest BCUT2D eigenvalue weighted by atomic mass is 10.0. The molecule has 0 fully saturated rings. The summed E-state index contributed by atoms with van der Waals surface area (Å²) in [4.78, 5) is 24.7. The van der Waals surface area contributed by atoms with Crippen LogP contribution >= 0.6 is 15.9 Å². The Hall–Kier alpha value is -1.69. The van der Waals surface area contributed by atoms with Crippen molar-refractivity contribution < 1.29 is 18.7 Å². The van der Waals surface area contributed by atoms with Gasteiger partial charge in [0.1, 0.15) is 12.0 Å². The fourth-order valence-electron chi connectivity index (χ4n) is 2.30. The van der Waals surface area contributed by atoms with Gasteiger partial charge in [-0.25, -0.2) is 4.39 Å². The number of nitrogens with zero attached hydrogens (tertiary/aromatic N) is 1. The highest BCUT2D eigenvalue weighted by Gasteiger charge is 2.30. The van der Waals surface area contributed by atoms with Gasteiger partial charge in [0.25, 0.3) is 5.91 Å². The molecule has 6 heteroatoms. The first-order valence-corrected chi connectivity index (χ1v) is 7.80. The number of hydrogen-bond acceptors (Lipinski definition) is 3. The minimum atomic E-state index is -0.525.